The number of carbonyl (C=O) groups is 1. The average Bonchev–Trinajstić information content (AvgIpc) is 3.49. The second-order valence-electron chi connectivity index (χ2n) is 7.82. The molecule has 28 heavy (non-hydrogen) atoms. The SMILES string of the molecule is Cc1ccc2c(c1)CCCN2C(=O)CCc1ccc(S(=O)(=O)NC2CC2)cc1. The van der Waals surface area contributed by atoms with Crippen LogP contribution in [0, 0.1) is 6.92 Å². The fourth-order valence-corrected chi connectivity index (χ4v) is 5.00. The average molecular weight is 399 g/mol. The van der Waals surface area contributed by atoms with E-state index in [1.165, 1.54) is 11.1 Å². The third kappa shape index (κ3) is 4.28. The van der Waals surface area contributed by atoms with E-state index in [0.717, 1.165) is 43.5 Å². The molecule has 1 aliphatic carbocycles. The number of carbonyl (C=O) groups excluding carboxylic acids is 1. The van der Waals surface area contributed by atoms with Gasteiger partial charge in [-0.3, -0.25) is 4.79 Å². The van der Waals surface area contributed by atoms with E-state index in [1.807, 2.05) is 23.1 Å². The summed E-state index contributed by atoms with van der Waals surface area (Å²) in [6.07, 6.45) is 4.86. The lowest BCUT2D eigenvalue weighted by atomic mass is 9.99. The molecule has 1 fully saturated rings. The van der Waals surface area contributed by atoms with Crippen LogP contribution in [0.5, 0.6) is 0 Å². The number of hydrogen-bond acceptors (Lipinski definition) is 3. The van der Waals surface area contributed by atoms with Crippen molar-refractivity contribution in [3.63, 3.8) is 0 Å². The van der Waals surface area contributed by atoms with Crippen LogP contribution < -0.4 is 9.62 Å². The van der Waals surface area contributed by atoms with Gasteiger partial charge in [-0.2, -0.15) is 0 Å². The second kappa shape index (κ2) is 7.68. The molecule has 5 nitrogen and oxygen atoms in total. The smallest absolute Gasteiger partial charge is 0.240 e. The molecular weight excluding hydrogens is 372 g/mol. The van der Waals surface area contributed by atoms with Gasteiger partial charge in [0.05, 0.1) is 4.90 Å². The van der Waals surface area contributed by atoms with Crippen LogP contribution in [0.3, 0.4) is 0 Å². The standard InChI is InChI=1S/C22H26N2O3S/c1-16-4-12-21-18(15-16)3-2-14-24(21)22(25)13-7-17-5-10-20(11-6-17)28(26,27)23-19-8-9-19/h4-6,10-12,15,19,23H,2-3,7-9,13-14H2,1H3. The van der Waals surface area contributed by atoms with Crippen LogP contribution in [-0.4, -0.2) is 26.9 Å². The Morgan fingerprint density at radius 3 is 2.61 bits per heavy atom. The Morgan fingerprint density at radius 1 is 1.14 bits per heavy atom. The van der Waals surface area contributed by atoms with Gasteiger partial charge in [0.15, 0.2) is 0 Å². The summed E-state index contributed by atoms with van der Waals surface area (Å²) in [5.41, 5.74) is 4.48. The van der Waals surface area contributed by atoms with Crippen LogP contribution in [0.2, 0.25) is 0 Å². The molecule has 148 valence electrons. The van der Waals surface area contributed by atoms with Gasteiger partial charge in [0.25, 0.3) is 0 Å². The first-order chi connectivity index (χ1) is 13.4. The zero-order valence-electron chi connectivity index (χ0n) is 16.1. The largest absolute Gasteiger partial charge is 0.312 e. The van der Waals surface area contributed by atoms with Crippen LogP contribution in [-0.2, 0) is 27.7 Å². The molecule has 4 rings (SSSR count). The van der Waals surface area contributed by atoms with E-state index in [9.17, 15) is 13.2 Å². The number of hydrogen-bond donors (Lipinski definition) is 1. The molecule has 0 unspecified atom stereocenters. The number of benzene rings is 2. The molecule has 0 radical (unpaired) electrons. The highest BCUT2D eigenvalue weighted by molar-refractivity contribution is 7.89. The summed E-state index contributed by atoms with van der Waals surface area (Å²) < 4.78 is 27.2. The van der Waals surface area contributed by atoms with Gasteiger partial charge in [-0.05, 0) is 68.4 Å². The summed E-state index contributed by atoms with van der Waals surface area (Å²) in [6, 6.07) is 13.2. The normalized spacial score (nSPS) is 16.7. The third-order valence-electron chi connectivity index (χ3n) is 5.42. The maximum atomic E-state index is 12.8. The first-order valence-electron chi connectivity index (χ1n) is 9.93. The van der Waals surface area contributed by atoms with E-state index in [1.54, 1.807) is 12.1 Å². The quantitative estimate of drug-likeness (QED) is 0.811. The summed E-state index contributed by atoms with van der Waals surface area (Å²) in [5, 5.41) is 0. The molecule has 0 saturated heterocycles. The molecule has 1 heterocycles. The van der Waals surface area contributed by atoms with Crippen molar-refractivity contribution in [1.29, 1.82) is 0 Å². The first kappa shape index (κ1) is 19.2. The summed E-state index contributed by atoms with van der Waals surface area (Å²) in [5.74, 6) is 0.122. The fraction of sp³-hybridized carbons (Fsp3) is 0.409. The molecule has 1 amide bonds. The van der Waals surface area contributed by atoms with E-state index >= 15 is 0 Å². The number of anilines is 1. The Bertz CT molecular complexity index is 979. The summed E-state index contributed by atoms with van der Waals surface area (Å²) in [7, 11) is -3.42. The molecule has 0 atom stereocenters. The van der Waals surface area contributed by atoms with Crippen molar-refractivity contribution >= 4 is 21.6 Å². The summed E-state index contributed by atoms with van der Waals surface area (Å²) in [4.78, 5) is 15.0. The Hall–Kier alpha value is -2.18. The molecule has 0 aromatic heterocycles. The van der Waals surface area contributed by atoms with Gasteiger partial charge in [0, 0.05) is 24.7 Å². The second-order valence-corrected chi connectivity index (χ2v) is 9.53. The number of aryl methyl sites for hydroxylation is 3. The number of amides is 1. The van der Waals surface area contributed by atoms with Crippen LogP contribution in [0.25, 0.3) is 0 Å². The van der Waals surface area contributed by atoms with E-state index < -0.39 is 10.0 Å². The van der Waals surface area contributed by atoms with Crippen molar-refractivity contribution in [2.24, 2.45) is 0 Å². The molecule has 1 aliphatic heterocycles. The monoisotopic (exact) mass is 398 g/mol. The number of nitrogens with zero attached hydrogens (tertiary/aromatic N) is 1. The van der Waals surface area contributed by atoms with Crippen molar-refractivity contribution in [3.8, 4) is 0 Å². The van der Waals surface area contributed by atoms with Gasteiger partial charge in [-0.1, -0.05) is 29.8 Å². The molecule has 1 N–H and O–H groups in total. The lowest BCUT2D eigenvalue weighted by Gasteiger charge is -2.30. The maximum absolute atomic E-state index is 12.8. The Balaban J connectivity index is 1.39. The van der Waals surface area contributed by atoms with Gasteiger partial charge < -0.3 is 4.90 Å². The van der Waals surface area contributed by atoms with Gasteiger partial charge >= 0.3 is 0 Å². The van der Waals surface area contributed by atoms with Gasteiger partial charge in [0.1, 0.15) is 0 Å². The zero-order valence-corrected chi connectivity index (χ0v) is 17.0. The zero-order chi connectivity index (χ0) is 19.7. The first-order valence-corrected chi connectivity index (χ1v) is 11.4. The van der Waals surface area contributed by atoms with Gasteiger partial charge in [-0.25, -0.2) is 13.1 Å². The third-order valence-corrected chi connectivity index (χ3v) is 6.95. The highest BCUT2D eigenvalue weighted by Gasteiger charge is 2.28. The maximum Gasteiger partial charge on any atom is 0.240 e. The molecular formula is C22H26N2O3S. The number of nitrogens with one attached hydrogen (secondary N) is 1. The Kier molecular flexibility index (Phi) is 5.25. The highest BCUT2D eigenvalue weighted by Crippen LogP contribution is 2.29. The van der Waals surface area contributed by atoms with E-state index in [4.69, 9.17) is 0 Å². The minimum absolute atomic E-state index is 0.0958. The van der Waals surface area contributed by atoms with Crippen LogP contribution in [0.1, 0.15) is 42.4 Å². The van der Waals surface area contributed by atoms with Gasteiger partial charge in [0.2, 0.25) is 15.9 Å². The van der Waals surface area contributed by atoms with Crippen molar-refractivity contribution in [1.82, 2.24) is 4.72 Å². The predicted molar refractivity (Wildman–Crippen MR) is 110 cm³/mol. The summed E-state index contributed by atoms with van der Waals surface area (Å²) >= 11 is 0. The number of rotatable bonds is 6. The molecule has 0 bridgehead atoms. The minimum atomic E-state index is -3.42. The molecule has 2 aromatic carbocycles. The Labute approximate surface area is 166 Å². The van der Waals surface area contributed by atoms with Gasteiger partial charge in [-0.15, -0.1) is 0 Å². The van der Waals surface area contributed by atoms with Crippen LogP contribution in [0.15, 0.2) is 47.4 Å². The predicted octanol–water partition coefficient (Wildman–Crippen LogP) is 3.35. The fourth-order valence-electron chi connectivity index (χ4n) is 3.70. The van der Waals surface area contributed by atoms with Crippen LogP contribution >= 0.6 is 0 Å². The van der Waals surface area contributed by atoms with E-state index in [2.05, 4.69) is 23.8 Å². The van der Waals surface area contributed by atoms with Crippen molar-refractivity contribution in [2.45, 2.75) is 56.4 Å². The molecule has 2 aliphatic rings. The van der Waals surface area contributed by atoms with Crippen molar-refractivity contribution in [2.75, 3.05) is 11.4 Å². The number of sulfonamides is 1. The van der Waals surface area contributed by atoms with Crippen molar-refractivity contribution in [3.05, 3.63) is 59.2 Å². The Morgan fingerprint density at radius 2 is 1.89 bits per heavy atom. The molecule has 1 saturated carbocycles. The highest BCUT2D eigenvalue weighted by atomic mass is 32.2. The van der Waals surface area contributed by atoms with E-state index in [-0.39, 0.29) is 16.8 Å². The molecule has 2 aromatic rings. The molecule has 0 spiro atoms. The topological polar surface area (TPSA) is 66.5 Å². The lowest BCUT2D eigenvalue weighted by Crippen LogP contribution is -2.35. The summed E-state index contributed by atoms with van der Waals surface area (Å²) in [6.45, 7) is 2.84. The van der Waals surface area contributed by atoms with E-state index in [0.29, 0.717) is 12.8 Å². The van der Waals surface area contributed by atoms with Crippen molar-refractivity contribution < 1.29 is 13.2 Å². The molecule has 6 heteroatoms. The number of fused-ring (bicyclic) bond motifs is 1. The minimum Gasteiger partial charge on any atom is -0.312 e. The van der Waals surface area contributed by atoms with Crippen LogP contribution in [0.4, 0.5) is 5.69 Å². The lowest BCUT2D eigenvalue weighted by molar-refractivity contribution is -0.118.